The SMILES string of the molecule is CCC(O)CC(=O)CCc1ccc(O)c(C)c1. The zero-order valence-corrected chi connectivity index (χ0v) is 10.4. The van der Waals surface area contributed by atoms with Gasteiger partial charge in [-0.25, -0.2) is 0 Å². The molecule has 0 bridgehead atoms. The molecule has 0 aliphatic heterocycles. The molecule has 3 nitrogen and oxygen atoms in total. The number of aliphatic hydroxyl groups excluding tert-OH is 1. The predicted octanol–water partition coefficient (Wildman–Crippen LogP) is 2.36. The van der Waals surface area contributed by atoms with Gasteiger partial charge < -0.3 is 10.2 Å². The van der Waals surface area contributed by atoms with Crippen LogP contribution in [0.25, 0.3) is 0 Å². The molecule has 0 fully saturated rings. The van der Waals surface area contributed by atoms with Gasteiger partial charge in [0, 0.05) is 12.8 Å². The fourth-order valence-corrected chi connectivity index (χ4v) is 1.67. The van der Waals surface area contributed by atoms with Gasteiger partial charge in [-0.3, -0.25) is 4.79 Å². The maximum Gasteiger partial charge on any atom is 0.135 e. The first-order valence-electron chi connectivity index (χ1n) is 6.01. The summed E-state index contributed by atoms with van der Waals surface area (Å²) in [5.41, 5.74) is 1.86. The van der Waals surface area contributed by atoms with E-state index in [-0.39, 0.29) is 18.0 Å². The van der Waals surface area contributed by atoms with Crippen LogP contribution in [0.5, 0.6) is 5.75 Å². The van der Waals surface area contributed by atoms with Crippen molar-refractivity contribution >= 4 is 5.78 Å². The molecule has 0 saturated heterocycles. The minimum atomic E-state index is -0.510. The van der Waals surface area contributed by atoms with E-state index < -0.39 is 6.10 Å². The maximum absolute atomic E-state index is 11.5. The van der Waals surface area contributed by atoms with Crippen molar-refractivity contribution in [2.24, 2.45) is 0 Å². The summed E-state index contributed by atoms with van der Waals surface area (Å²) in [7, 11) is 0. The topological polar surface area (TPSA) is 57.5 Å². The molecule has 0 saturated carbocycles. The van der Waals surface area contributed by atoms with Crippen molar-refractivity contribution in [1.82, 2.24) is 0 Å². The van der Waals surface area contributed by atoms with Crippen molar-refractivity contribution in [3.05, 3.63) is 29.3 Å². The lowest BCUT2D eigenvalue weighted by molar-refractivity contribution is -0.120. The quantitative estimate of drug-likeness (QED) is 0.797. The number of hydrogen-bond acceptors (Lipinski definition) is 3. The second-order valence-electron chi connectivity index (χ2n) is 4.43. The average molecular weight is 236 g/mol. The van der Waals surface area contributed by atoms with Crippen molar-refractivity contribution in [3.63, 3.8) is 0 Å². The number of ketones is 1. The van der Waals surface area contributed by atoms with Crippen LogP contribution in [-0.2, 0) is 11.2 Å². The van der Waals surface area contributed by atoms with Gasteiger partial charge >= 0.3 is 0 Å². The van der Waals surface area contributed by atoms with Gasteiger partial charge in [0.25, 0.3) is 0 Å². The zero-order chi connectivity index (χ0) is 12.8. The van der Waals surface area contributed by atoms with Crippen LogP contribution in [0.15, 0.2) is 18.2 Å². The van der Waals surface area contributed by atoms with E-state index in [0.29, 0.717) is 19.3 Å². The number of Topliss-reactive ketones (excluding diaryl/α,β-unsaturated/α-hetero) is 1. The molecule has 1 aromatic rings. The minimum absolute atomic E-state index is 0.0880. The molecule has 94 valence electrons. The van der Waals surface area contributed by atoms with Crippen LogP contribution in [-0.4, -0.2) is 22.1 Å². The zero-order valence-electron chi connectivity index (χ0n) is 10.4. The van der Waals surface area contributed by atoms with Crippen molar-refractivity contribution in [2.75, 3.05) is 0 Å². The van der Waals surface area contributed by atoms with Gasteiger partial charge in [-0.1, -0.05) is 19.1 Å². The molecular weight excluding hydrogens is 216 g/mol. The van der Waals surface area contributed by atoms with Gasteiger partial charge in [0.2, 0.25) is 0 Å². The number of aryl methyl sites for hydroxylation is 2. The Hall–Kier alpha value is -1.35. The lowest BCUT2D eigenvalue weighted by atomic mass is 10.0. The van der Waals surface area contributed by atoms with Crippen LogP contribution in [0.2, 0.25) is 0 Å². The first-order valence-corrected chi connectivity index (χ1v) is 6.01. The smallest absolute Gasteiger partial charge is 0.135 e. The van der Waals surface area contributed by atoms with E-state index in [9.17, 15) is 15.0 Å². The third kappa shape index (κ3) is 4.57. The Morgan fingerprint density at radius 2 is 2.12 bits per heavy atom. The molecule has 1 aromatic carbocycles. The van der Waals surface area contributed by atoms with E-state index in [4.69, 9.17) is 0 Å². The number of benzene rings is 1. The van der Waals surface area contributed by atoms with Crippen LogP contribution >= 0.6 is 0 Å². The van der Waals surface area contributed by atoms with Crippen LogP contribution in [0, 0.1) is 6.92 Å². The van der Waals surface area contributed by atoms with Crippen molar-refractivity contribution in [2.45, 2.75) is 45.6 Å². The van der Waals surface area contributed by atoms with Crippen molar-refractivity contribution in [1.29, 1.82) is 0 Å². The van der Waals surface area contributed by atoms with E-state index in [2.05, 4.69) is 0 Å². The highest BCUT2D eigenvalue weighted by Crippen LogP contribution is 2.18. The van der Waals surface area contributed by atoms with Gasteiger partial charge in [0.15, 0.2) is 0 Å². The molecule has 0 radical (unpaired) electrons. The number of rotatable bonds is 6. The van der Waals surface area contributed by atoms with Gasteiger partial charge in [0.05, 0.1) is 6.10 Å². The Labute approximate surface area is 102 Å². The summed E-state index contributed by atoms with van der Waals surface area (Å²) in [4.78, 5) is 11.5. The number of phenolic OH excluding ortho intramolecular Hbond substituents is 1. The third-order valence-corrected chi connectivity index (χ3v) is 2.89. The Balaban J connectivity index is 2.45. The second-order valence-corrected chi connectivity index (χ2v) is 4.43. The van der Waals surface area contributed by atoms with Gasteiger partial charge in [-0.2, -0.15) is 0 Å². The molecule has 0 amide bonds. The van der Waals surface area contributed by atoms with Crippen LogP contribution in [0.3, 0.4) is 0 Å². The molecule has 0 aliphatic carbocycles. The molecule has 0 heterocycles. The molecule has 3 heteroatoms. The summed E-state index contributed by atoms with van der Waals surface area (Å²) in [6, 6.07) is 5.36. The van der Waals surface area contributed by atoms with E-state index in [1.165, 1.54) is 0 Å². The van der Waals surface area contributed by atoms with E-state index in [1.54, 1.807) is 6.07 Å². The standard InChI is InChI=1S/C14H20O3/c1-3-12(15)9-13(16)6-4-11-5-7-14(17)10(2)8-11/h5,7-8,12,15,17H,3-4,6,9H2,1-2H3. The first-order chi connectivity index (χ1) is 8.02. The predicted molar refractivity (Wildman–Crippen MR) is 67.1 cm³/mol. The second kappa shape index (κ2) is 6.40. The molecule has 1 rings (SSSR count). The highest BCUT2D eigenvalue weighted by atomic mass is 16.3. The summed E-state index contributed by atoms with van der Waals surface area (Å²) in [6.45, 7) is 3.70. The van der Waals surface area contributed by atoms with Crippen molar-refractivity contribution in [3.8, 4) is 5.75 Å². The summed E-state index contributed by atoms with van der Waals surface area (Å²) < 4.78 is 0. The molecule has 1 atom stereocenters. The number of carbonyl (C=O) groups excluding carboxylic acids is 1. The molecule has 1 unspecified atom stereocenters. The highest BCUT2D eigenvalue weighted by Gasteiger charge is 2.09. The lowest BCUT2D eigenvalue weighted by Crippen LogP contribution is -2.12. The van der Waals surface area contributed by atoms with Crippen LogP contribution < -0.4 is 0 Å². The number of phenols is 1. The fraction of sp³-hybridized carbons (Fsp3) is 0.500. The highest BCUT2D eigenvalue weighted by molar-refractivity contribution is 5.79. The number of hydrogen-bond donors (Lipinski definition) is 2. The molecule has 0 aromatic heterocycles. The summed E-state index contributed by atoms with van der Waals surface area (Å²) >= 11 is 0. The molecular formula is C14H20O3. The fourth-order valence-electron chi connectivity index (χ4n) is 1.67. The van der Waals surface area contributed by atoms with E-state index in [0.717, 1.165) is 11.1 Å². The summed E-state index contributed by atoms with van der Waals surface area (Å²) in [6.07, 6.45) is 1.46. The first kappa shape index (κ1) is 13.7. The molecule has 17 heavy (non-hydrogen) atoms. The van der Waals surface area contributed by atoms with Gasteiger partial charge in [-0.15, -0.1) is 0 Å². The number of carbonyl (C=O) groups is 1. The third-order valence-electron chi connectivity index (χ3n) is 2.89. The van der Waals surface area contributed by atoms with Crippen LogP contribution in [0.1, 0.15) is 37.3 Å². The largest absolute Gasteiger partial charge is 0.508 e. The monoisotopic (exact) mass is 236 g/mol. The lowest BCUT2D eigenvalue weighted by Gasteiger charge is -2.07. The molecule has 0 aliphatic rings. The van der Waals surface area contributed by atoms with E-state index >= 15 is 0 Å². The summed E-state index contributed by atoms with van der Waals surface area (Å²) in [5, 5.41) is 18.7. The van der Waals surface area contributed by atoms with Crippen LogP contribution in [0.4, 0.5) is 0 Å². The normalized spacial score (nSPS) is 12.4. The Morgan fingerprint density at radius 1 is 1.41 bits per heavy atom. The Bertz CT molecular complexity index is 385. The average Bonchev–Trinajstić information content (AvgIpc) is 2.30. The Kier molecular flexibility index (Phi) is 5.16. The molecule has 2 N–H and O–H groups in total. The van der Waals surface area contributed by atoms with Gasteiger partial charge in [0.1, 0.15) is 11.5 Å². The van der Waals surface area contributed by atoms with E-state index in [1.807, 2.05) is 26.0 Å². The van der Waals surface area contributed by atoms with Crippen molar-refractivity contribution < 1.29 is 15.0 Å². The maximum atomic E-state index is 11.5. The molecule has 0 spiro atoms. The van der Waals surface area contributed by atoms with Gasteiger partial charge in [-0.05, 0) is 37.0 Å². The number of aromatic hydroxyl groups is 1. The summed E-state index contributed by atoms with van der Waals surface area (Å²) in [5.74, 6) is 0.367. The Morgan fingerprint density at radius 3 is 2.71 bits per heavy atom. The minimum Gasteiger partial charge on any atom is -0.508 e. The number of aliphatic hydroxyl groups is 1.